The zero-order valence-corrected chi connectivity index (χ0v) is 73.6. The van der Waals surface area contributed by atoms with E-state index in [0.29, 0.717) is 5.82 Å². The van der Waals surface area contributed by atoms with Crippen molar-refractivity contribution in [3.63, 3.8) is 0 Å². The summed E-state index contributed by atoms with van der Waals surface area (Å²) >= 11 is 0. The van der Waals surface area contributed by atoms with E-state index in [4.69, 9.17) is 9.97 Å². The summed E-state index contributed by atoms with van der Waals surface area (Å²) in [7, 11) is 0. The maximum Gasteiger partial charge on any atom is 0.160 e. The van der Waals surface area contributed by atoms with Gasteiger partial charge >= 0.3 is 0 Å². The van der Waals surface area contributed by atoms with Crippen molar-refractivity contribution >= 4 is 142 Å². The van der Waals surface area contributed by atoms with Gasteiger partial charge in [-0.1, -0.05) is 273 Å². The van der Waals surface area contributed by atoms with E-state index in [1.165, 1.54) is 98.0 Å². The number of hydrogen-bond acceptors (Lipinski definition) is 2. The number of rotatable bonds is 13. The zero-order valence-electron chi connectivity index (χ0n) is 73.6. The SMILES string of the molecule is c1ccc(-c2ccccc2-c2nc(-c3ccc(-n4c5ccc(-c6ccc7c(c6)c6ccccc6n7-c6ccccc6)cc5c5cc(-c6ccc7c(c6)c6ccccc6n7-c6ccccc6)ccc54)cc3)nc3c2-c2ccc(-n4c5ccc(-c6ccc7c(c6)c6ccccc6n7-c6ccccc6)cc5c5cc(-c6ccc7c(c6)c6ccccc6n7-c6ccccc6)ccc54)c4cccc-3c24)cc1. The van der Waals surface area contributed by atoms with Gasteiger partial charge in [-0.3, -0.25) is 0 Å². The molecular formula is C128H78N8. The first-order valence-corrected chi connectivity index (χ1v) is 46.7. The molecule has 0 spiro atoms. The molecule has 0 saturated carbocycles. The second kappa shape index (κ2) is 29.6. The van der Waals surface area contributed by atoms with Crippen molar-refractivity contribution in [1.82, 2.24) is 37.4 Å². The Labute approximate surface area is 781 Å². The van der Waals surface area contributed by atoms with Crippen LogP contribution < -0.4 is 0 Å². The number of para-hydroxylation sites is 8. The standard InChI is InChI=1S/C128H78N8/c1-6-27-79(28-7-1)94-37-16-17-42-99(94)126-125-101-61-70-115(136-122-68-57-87(83-53-64-118-105(73-83)97-40-20-24-47-113(97)133(118)91-33-12-4-13-34-91)77-109(122)110-78-88(58-69-123(110)136)84-54-65-119-106(74-84)98-41-21-25-48-114(98)134(119)92-35-14-5-15-36-92)100-43-26-44-102(124(100)101)127(125)130-128(129-126)80-49-59-93(60-50-80)135-120-66-55-85(81-51-62-116-103(71-81)95-38-18-22-45-111(95)131(116)89-29-8-2-9-30-89)75-107(120)108-76-86(56-67-121(108)135)82-52-63-117-104(72-82)96-39-19-23-46-112(96)132(117)90-31-10-3-11-32-90/h1-78H. The molecule has 1 aliphatic carbocycles. The first-order chi connectivity index (χ1) is 67.5. The summed E-state index contributed by atoms with van der Waals surface area (Å²) < 4.78 is 14.6. The summed E-state index contributed by atoms with van der Waals surface area (Å²) in [5, 5.41) is 16.7. The van der Waals surface area contributed by atoms with Crippen LogP contribution in [0.1, 0.15) is 0 Å². The molecule has 21 aromatic carbocycles. The van der Waals surface area contributed by atoms with Crippen LogP contribution in [0.5, 0.6) is 0 Å². The summed E-state index contributed by atoms with van der Waals surface area (Å²) in [6, 6.07) is 175. The van der Waals surface area contributed by atoms with Gasteiger partial charge in [-0.15, -0.1) is 0 Å². The highest BCUT2D eigenvalue weighted by atomic mass is 15.0. The molecule has 7 aromatic heterocycles. The van der Waals surface area contributed by atoms with E-state index >= 15 is 0 Å². The average Bonchev–Trinajstić information content (AvgIpc) is 1.54. The molecule has 0 unspecified atom stereocenters. The van der Waals surface area contributed by atoms with Gasteiger partial charge in [-0.05, 0) is 261 Å². The second-order valence-electron chi connectivity index (χ2n) is 36.2. The Kier molecular flexibility index (Phi) is 16.5. The lowest BCUT2D eigenvalue weighted by Crippen LogP contribution is -1.99. The molecule has 0 atom stereocenters. The number of nitrogens with zero attached hydrogens (tertiary/aromatic N) is 8. The van der Waals surface area contributed by atoms with Crippen LogP contribution in [-0.4, -0.2) is 37.4 Å². The minimum absolute atomic E-state index is 0.647. The smallest absolute Gasteiger partial charge is 0.160 e. The van der Waals surface area contributed by atoms with E-state index in [9.17, 15) is 0 Å². The van der Waals surface area contributed by atoms with Crippen LogP contribution >= 0.6 is 0 Å². The van der Waals surface area contributed by atoms with E-state index < -0.39 is 0 Å². The number of hydrogen-bond donors (Lipinski definition) is 0. The Morgan fingerprint density at radius 1 is 0.140 bits per heavy atom. The van der Waals surface area contributed by atoms with Gasteiger partial charge in [0.25, 0.3) is 0 Å². The van der Waals surface area contributed by atoms with Crippen molar-refractivity contribution < 1.29 is 0 Å². The minimum Gasteiger partial charge on any atom is -0.309 e. The fourth-order valence-corrected chi connectivity index (χ4v) is 22.9. The summed E-state index contributed by atoms with van der Waals surface area (Å²) in [6.45, 7) is 0. The van der Waals surface area contributed by atoms with Crippen LogP contribution in [0.2, 0.25) is 0 Å². The average molecular weight is 1730 g/mol. The third-order valence-electron chi connectivity index (χ3n) is 29.0. The van der Waals surface area contributed by atoms with Gasteiger partial charge in [0.15, 0.2) is 5.82 Å². The van der Waals surface area contributed by atoms with E-state index in [2.05, 4.69) is 501 Å². The van der Waals surface area contributed by atoms with Gasteiger partial charge in [-0.2, -0.15) is 0 Å². The molecule has 0 aliphatic heterocycles. The Hall–Kier alpha value is -18.2. The molecule has 8 nitrogen and oxygen atoms in total. The molecule has 28 aromatic rings. The lowest BCUT2D eigenvalue weighted by Gasteiger charge is -2.16. The van der Waals surface area contributed by atoms with E-state index in [1.54, 1.807) is 0 Å². The van der Waals surface area contributed by atoms with Crippen molar-refractivity contribution in [1.29, 1.82) is 0 Å². The largest absolute Gasteiger partial charge is 0.309 e. The van der Waals surface area contributed by atoms with Crippen molar-refractivity contribution in [2.45, 2.75) is 0 Å². The molecule has 29 rings (SSSR count). The van der Waals surface area contributed by atoms with Gasteiger partial charge in [0.1, 0.15) is 0 Å². The van der Waals surface area contributed by atoms with Crippen molar-refractivity contribution in [2.24, 2.45) is 0 Å². The van der Waals surface area contributed by atoms with Crippen molar-refractivity contribution in [3.05, 3.63) is 473 Å². The number of aromatic nitrogens is 8. The van der Waals surface area contributed by atoms with Crippen molar-refractivity contribution in [3.8, 4) is 135 Å². The fraction of sp³-hybridized carbons (Fsp3) is 0. The first-order valence-electron chi connectivity index (χ1n) is 46.7. The monoisotopic (exact) mass is 1730 g/mol. The molecule has 0 N–H and O–H groups in total. The zero-order chi connectivity index (χ0) is 88.9. The lowest BCUT2D eigenvalue weighted by molar-refractivity contribution is 1.17. The van der Waals surface area contributed by atoms with Gasteiger partial charge in [0, 0.05) is 126 Å². The third-order valence-corrected chi connectivity index (χ3v) is 29.0. The van der Waals surface area contributed by atoms with Crippen molar-refractivity contribution in [2.75, 3.05) is 0 Å². The van der Waals surface area contributed by atoms with E-state index in [0.717, 1.165) is 173 Å². The molecule has 1 aliphatic rings. The molecule has 630 valence electrons. The summed E-state index contributed by atoms with van der Waals surface area (Å²) in [6.07, 6.45) is 0. The third kappa shape index (κ3) is 11.4. The molecule has 0 radical (unpaired) electrons. The maximum absolute atomic E-state index is 5.90. The maximum atomic E-state index is 5.90. The molecule has 0 amide bonds. The predicted molar refractivity (Wildman–Crippen MR) is 568 cm³/mol. The van der Waals surface area contributed by atoms with E-state index in [1.807, 2.05) is 0 Å². The van der Waals surface area contributed by atoms with Gasteiger partial charge in [-0.25, -0.2) is 9.97 Å². The lowest BCUT2D eigenvalue weighted by atomic mass is 9.93. The highest BCUT2D eigenvalue weighted by Gasteiger charge is 2.33. The number of benzene rings is 21. The van der Waals surface area contributed by atoms with Gasteiger partial charge in [0.05, 0.1) is 83.3 Å². The topological polar surface area (TPSA) is 55.4 Å². The summed E-state index contributed by atoms with van der Waals surface area (Å²) in [5.74, 6) is 0.647. The predicted octanol–water partition coefficient (Wildman–Crippen LogP) is 33.5. The second-order valence-corrected chi connectivity index (χ2v) is 36.2. The minimum atomic E-state index is 0.647. The van der Waals surface area contributed by atoms with Crippen LogP contribution in [0.4, 0.5) is 0 Å². The van der Waals surface area contributed by atoms with Crippen LogP contribution in [-0.2, 0) is 0 Å². The first kappa shape index (κ1) is 75.6. The molecule has 0 saturated heterocycles. The Morgan fingerprint density at radius 2 is 0.390 bits per heavy atom. The molecule has 8 heteroatoms. The Bertz CT molecular complexity index is 9470. The summed E-state index contributed by atoms with van der Waals surface area (Å²) in [5.41, 5.74) is 38.9. The summed E-state index contributed by atoms with van der Waals surface area (Å²) in [4.78, 5) is 11.8. The fourth-order valence-electron chi connectivity index (χ4n) is 22.9. The molecule has 0 bridgehead atoms. The molecule has 136 heavy (non-hydrogen) atoms. The normalized spacial score (nSPS) is 12.1. The van der Waals surface area contributed by atoms with Crippen LogP contribution in [0.15, 0.2) is 473 Å². The van der Waals surface area contributed by atoms with Gasteiger partial charge in [0.2, 0.25) is 0 Å². The number of fused-ring (bicyclic) bond motifs is 21. The molecular weight excluding hydrogens is 1650 g/mol. The Balaban J connectivity index is 0.591. The van der Waals surface area contributed by atoms with Crippen LogP contribution in [0.3, 0.4) is 0 Å². The molecule has 7 heterocycles. The highest BCUT2D eigenvalue weighted by Crippen LogP contribution is 2.55. The molecule has 0 fully saturated rings. The highest BCUT2D eigenvalue weighted by molar-refractivity contribution is 6.23. The van der Waals surface area contributed by atoms with Crippen LogP contribution in [0, 0.1) is 0 Å². The Morgan fingerprint density at radius 3 is 0.735 bits per heavy atom. The van der Waals surface area contributed by atoms with Crippen LogP contribution in [0.25, 0.3) is 276 Å². The van der Waals surface area contributed by atoms with Gasteiger partial charge < -0.3 is 27.4 Å². The van der Waals surface area contributed by atoms with E-state index in [-0.39, 0.29) is 0 Å². The quantitative estimate of drug-likeness (QED) is 0.116.